The first kappa shape index (κ1) is 12.5. The molecule has 0 aliphatic rings. The van der Waals surface area contributed by atoms with Crippen molar-refractivity contribution in [3.8, 4) is 0 Å². The Kier molecular flexibility index (Phi) is 3.06. The largest absolute Gasteiger partial charge is 0.423 e. The van der Waals surface area contributed by atoms with Crippen LogP contribution >= 0.6 is 0 Å². The number of nitrogen functional groups attached to an aromatic ring is 1. The fourth-order valence-electron chi connectivity index (χ4n) is 1.61. The number of fused-ring (bicyclic) bond motifs is 1. The summed E-state index contributed by atoms with van der Waals surface area (Å²) in [4.78, 5) is 4.02. The molecule has 98 valence electrons. The van der Waals surface area contributed by atoms with E-state index >= 15 is 0 Å². The Hall–Kier alpha value is -1.92. The smallest absolute Gasteiger partial charge is 0.391 e. The van der Waals surface area contributed by atoms with E-state index in [2.05, 4.69) is 10.3 Å². The van der Waals surface area contributed by atoms with E-state index in [9.17, 15) is 13.2 Å². The molecule has 0 aliphatic heterocycles. The summed E-state index contributed by atoms with van der Waals surface area (Å²) in [7, 11) is 0. The first-order valence-electron chi connectivity index (χ1n) is 5.33. The fourth-order valence-corrected chi connectivity index (χ4v) is 1.61. The van der Waals surface area contributed by atoms with Gasteiger partial charge in [-0.1, -0.05) is 0 Å². The van der Waals surface area contributed by atoms with Crippen LogP contribution < -0.4 is 11.1 Å². The van der Waals surface area contributed by atoms with Crippen LogP contribution in [0.1, 0.15) is 13.3 Å². The third kappa shape index (κ3) is 3.06. The fraction of sp³-hybridized carbons (Fsp3) is 0.364. The van der Waals surface area contributed by atoms with Gasteiger partial charge in [-0.15, -0.1) is 0 Å². The maximum Gasteiger partial charge on any atom is 0.391 e. The normalized spacial score (nSPS) is 13.8. The zero-order chi connectivity index (χ0) is 13.3. The van der Waals surface area contributed by atoms with Crippen molar-refractivity contribution in [2.24, 2.45) is 0 Å². The van der Waals surface area contributed by atoms with E-state index in [1.54, 1.807) is 18.2 Å². The van der Waals surface area contributed by atoms with Crippen molar-refractivity contribution in [3.63, 3.8) is 0 Å². The average Bonchev–Trinajstić information content (AvgIpc) is 2.55. The molecule has 0 fully saturated rings. The highest BCUT2D eigenvalue weighted by Gasteiger charge is 2.30. The predicted octanol–water partition coefficient (Wildman–Crippen LogP) is 3.16. The molecule has 3 N–H and O–H groups in total. The number of oxazole rings is 1. The molecule has 1 unspecified atom stereocenters. The van der Waals surface area contributed by atoms with Crippen LogP contribution in [0.25, 0.3) is 11.1 Å². The molecule has 0 aliphatic carbocycles. The summed E-state index contributed by atoms with van der Waals surface area (Å²) in [5.74, 6) is 0. The number of rotatable bonds is 3. The number of nitrogens with zero attached hydrogens (tertiary/aromatic N) is 1. The van der Waals surface area contributed by atoms with Gasteiger partial charge in [0.05, 0.1) is 6.42 Å². The minimum atomic E-state index is -4.22. The average molecular weight is 259 g/mol. The van der Waals surface area contributed by atoms with Gasteiger partial charge in [0.25, 0.3) is 6.01 Å². The second-order valence-corrected chi connectivity index (χ2v) is 4.11. The van der Waals surface area contributed by atoms with Crippen LogP contribution in [-0.2, 0) is 0 Å². The van der Waals surface area contributed by atoms with Crippen LogP contribution in [0.2, 0.25) is 0 Å². The number of hydrogen-bond acceptors (Lipinski definition) is 4. The van der Waals surface area contributed by atoms with Gasteiger partial charge >= 0.3 is 6.18 Å². The van der Waals surface area contributed by atoms with Crippen LogP contribution in [0.3, 0.4) is 0 Å². The number of aromatic nitrogens is 1. The molecule has 1 aromatic heterocycles. The molecule has 0 radical (unpaired) electrons. The lowest BCUT2D eigenvalue weighted by Gasteiger charge is -2.13. The minimum absolute atomic E-state index is 0.0624. The molecule has 1 aromatic carbocycles. The number of nitrogens with two attached hydrogens (primary N) is 1. The Balaban J connectivity index is 2.12. The van der Waals surface area contributed by atoms with Gasteiger partial charge < -0.3 is 15.5 Å². The zero-order valence-electron chi connectivity index (χ0n) is 9.58. The molecule has 1 atom stereocenters. The quantitative estimate of drug-likeness (QED) is 0.831. The summed E-state index contributed by atoms with van der Waals surface area (Å²) in [6.45, 7) is 1.41. The maximum absolute atomic E-state index is 12.2. The molecule has 0 saturated carbocycles. The summed E-state index contributed by atoms with van der Waals surface area (Å²) in [5.41, 5.74) is 7.06. The van der Waals surface area contributed by atoms with E-state index in [0.717, 1.165) is 0 Å². The topological polar surface area (TPSA) is 64.1 Å². The number of alkyl halides is 3. The van der Waals surface area contributed by atoms with Crippen LogP contribution in [0.15, 0.2) is 22.6 Å². The van der Waals surface area contributed by atoms with Crippen molar-refractivity contribution in [3.05, 3.63) is 18.2 Å². The Morgan fingerprint density at radius 3 is 2.83 bits per heavy atom. The van der Waals surface area contributed by atoms with E-state index in [4.69, 9.17) is 10.2 Å². The molecule has 0 spiro atoms. The number of halogens is 3. The molecule has 2 rings (SSSR count). The third-order valence-electron chi connectivity index (χ3n) is 2.32. The molecule has 4 nitrogen and oxygen atoms in total. The molecule has 0 bridgehead atoms. The molecular formula is C11H12F3N3O. The molecule has 7 heteroatoms. The molecule has 0 amide bonds. The second kappa shape index (κ2) is 4.40. The summed E-state index contributed by atoms with van der Waals surface area (Å²) >= 11 is 0. The molecule has 18 heavy (non-hydrogen) atoms. The van der Waals surface area contributed by atoms with Gasteiger partial charge in [-0.2, -0.15) is 18.2 Å². The summed E-state index contributed by atoms with van der Waals surface area (Å²) < 4.78 is 41.7. The van der Waals surface area contributed by atoms with Crippen molar-refractivity contribution in [2.45, 2.75) is 25.6 Å². The molecule has 0 saturated heterocycles. The third-order valence-corrected chi connectivity index (χ3v) is 2.32. The summed E-state index contributed by atoms with van der Waals surface area (Å²) in [5, 5.41) is 2.57. The Labute approximate surface area is 101 Å². The van der Waals surface area contributed by atoms with Crippen LogP contribution in [0, 0.1) is 0 Å². The number of anilines is 2. The zero-order valence-corrected chi connectivity index (χ0v) is 9.58. The maximum atomic E-state index is 12.2. The predicted molar refractivity (Wildman–Crippen MR) is 62.2 cm³/mol. The standard InChI is InChI=1S/C11H12F3N3O/c1-6(5-11(12,13)14)16-10-17-8-3-2-7(15)4-9(8)18-10/h2-4,6H,5,15H2,1H3,(H,16,17). The van der Waals surface area contributed by atoms with Crippen molar-refractivity contribution in [1.29, 1.82) is 0 Å². The van der Waals surface area contributed by atoms with Gasteiger partial charge in [-0.25, -0.2) is 0 Å². The first-order valence-corrected chi connectivity index (χ1v) is 5.33. The Bertz CT molecular complexity index is 550. The van der Waals surface area contributed by atoms with E-state index < -0.39 is 18.6 Å². The van der Waals surface area contributed by atoms with Crippen molar-refractivity contribution >= 4 is 22.8 Å². The van der Waals surface area contributed by atoms with E-state index in [1.807, 2.05) is 0 Å². The van der Waals surface area contributed by atoms with Crippen LogP contribution in [0.5, 0.6) is 0 Å². The van der Waals surface area contributed by atoms with Crippen molar-refractivity contribution in [2.75, 3.05) is 11.1 Å². The SMILES string of the molecule is CC(CC(F)(F)F)Nc1nc2ccc(N)cc2o1. The minimum Gasteiger partial charge on any atom is -0.423 e. The van der Waals surface area contributed by atoms with E-state index in [1.165, 1.54) is 6.92 Å². The van der Waals surface area contributed by atoms with Gasteiger partial charge in [0.1, 0.15) is 5.52 Å². The van der Waals surface area contributed by atoms with Crippen LogP contribution in [-0.4, -0.2) is 17.2 Å². The lowest BCUT2D eigenvalue weighted by molar-refractivity contribution is -0.136. The monoisotopic (exact) mass is 259 g/mol. The highest BCUT2D eigenvalue weighted by atomic mass is 19.4. The van der Waals surface area contributed by atoms with Crippen LogP contribution in [0.4, 0.5) is 24.9 Å². The van der Waals surface area contributed by atoms with Gasteiger partial charge in [-0.05, 0) is 19.1 Å². The first-order chi connectivity index (χ1) is 8.33. The van der Waals surface area contributed by atoms with Crippen molar-refractivity contribution in [1.82, 2.24) is 4.98 Å². The van der Waals surface area contributed by atoms with Crippen molar-refractivity contribution < 1.29 is 17.6 Å². The molecule has 1 heterocycles. The summed E-state index contributed by atoms with van der Waals surface area (Å²) in [6, 6.07) is 4.12. The molecule has 2 aromatic rings. The number of hydrogen-bond donors (Lipinski definition) is 2. The number of nitrogens with one attached hydrogen (secondary N) is 1. The lowest BCUT2D eigenvalue weighted by atomic mass is 10.2. The van der Waals surface area contributed by atoms with Gasteiger partial charge in [0.15, 0.2) is 5.58 Å². The van der Waals surface area contributed by atoms with Gasteiger partial charge in [0.2, 0.25) is 0 Å². The van der Waals surface area contributed by atoms with Gasteiger partial charge in [0, 0.05) is 17.8 Å². The highest BCUT2D eigenvalue weighted by molar-refractivity contribution is 5.78. The Morgan fingerprint density at radius 2 is 2.17 bits per heavy atom. The Morgan fingerprint density at radius 1 is 1.44 bits per heavy atom. The van der Waals surface area contributed by atoms with Gasteiger partial charge in [-0.3, -0.25) is 0 Å². The summed E-state index contributed by atoms with van der Waals surface area (Å²) in [6.07, 6.45) is -5.17. The highest BCUT2D eigenvalue weighted by Crippen LogP contribution is 2.25. The number of benzene rings is 1. The molecular weight excluding hydrogens is 247 g/mol. The van der Waals surface area contributed by atoms with E-state index in [0.29, 0.717) is 16.8 Å². The lowest BCUT2D eigenvalue weighted by Crippen LogP contribution is -2.23. The van der Waals surface area contributed by atoms with E-state index in [-0.39, 0.29) is 6.01 Å². The second-order valence-electron chi connectivity index (χ2n) is 4.11.